The van der Waals surface area contributed by atoms with E-state index in [1.807, 2.05) is 45.2 Å². The molecule has 0 unspecified atom stereocenters. The second-order valence-corrected chi connectivity index (χ2v) is 7.94. The quantitative estimate of drug-likeness (QED) is 0.760. The summed E-state index contributed by atoms with van der Waals surface area (Å²) in [4.78, 5) is 29.4. The van der Waals surface area contributed by atoms with Crippen LogP contribution in [0.25, 0.3) is 4.96 Å². The van der Waals surface area contributed by atoms with Crippen LogP contribution in [0.1, 0.15) is 32.2 Å². The highest BCUT2D eigenvalue weighted by Gasteiger charge is 2.21. The monoisotopic (exact) mass is 371 g/mol. The lowest BCUT2D eigenvalue weighted by Gasteiger charge is -2.18. The van der Waals surface area contributed by atoms with Gasteiger partial charge in [-0.25, -0.2) is 4.98 Å². The summed E-state index contributed by atoms with van der Waals surface area (Å²) in [5.41, 5.74) is 1.52. The van der Waals surface area contributed by atoms with Gasteiger partial charge in [0.05, 0.1) is 5.69 Å². The zero-order valence-corrected chi connectivity index (χ0v) is 16.0. The highest BCUT2D eigenvalue weighted by atomic mass is 32.1. The molecule has 1 N–H and O–H groups in total. The number of aryl methyl sites for hydroxylation is 1. The van der Waals surface area contributed by atoms with E-state index < -0.39 is 5.41 Å². The average molecular weight is 371 g/mol. The van der Waals surface area contributed by atoms with Gasteiger partial charge in [-0.2, -0.15) is 0 Å². The van der Waals surface area contributed by atoms with E-state index >= 15 is 0 Å². The minimum absolute atomic E-state index is 0.0668. The molecule has 0 fully saturated rings. The summed E-state index contributed by atoms with van der Waals surface area (Å²) in [6.45, 7) is 7.62. The number of carbonyl (C=O) groups excluding carboxylic acids is 1. The molecule has 7 heteroatoms. The predicted octanol–water partition coefficient (Wildman–Crippen LogP) is 3.63. The van der Waals surface area contributed by atoms with Crippen molar-refractivity contribution in [1.29, 1.82) is 0 Å². The number of amides is 1. The number of thiazole rings is 1. The fourth-order valence-corrected chi connectivity index (χ4v) is 3.21. The molecule has 0 saturated carbocycles. The average Bonchev–Trinajstić information content (AvgIpc) is 2.94. The second kappa shape index (κ2) is 6.92. The molecule has 0 aliphatic rings. The van der Waals surface area contributed by atoms with E-state index in [0.29, 0.717) is 22.1 Å². The van der Waals surface area contributed by atoms with Gasteiger partial charge in [-0.15, -0.1) is 11.3 Å². The number of anilines is 1. The Morgan fingerprint density at radius 1 is 1.31 bits per heavy atom. The fraction of sp³-hybridized carbons (Fsp3) is 0.316. The Morgan fingerprint density at radius 3 is 2.81 bits per heavy atom. The molecule has 1 amide bonds. The lowest BCUT2D eigenvalue weighted by molar-refractivity contribution is -0.123. The topological polar surface area (TPSA) is 72.7 Å². The van der Waals surface area contributed by atoms with E-state index in [9.17, 15) is 9.59 Å². The Bertz CT molecular complexity index is 1010. The largest absolute Gasteiger partial charge is 0.487 e. The number of aromatic nitrogens is 2. The second-order valence-electron chi connectivity index (χ2n) is 7.10. The number of benzene rings is 1. The van der Waals surface area contributed by atoms with Crippen LogP contribution < -0.4 is 15.6 Å². The van der Waals surface area contributed by atoms with Crippen molar-refractivity contribution in [3.63, 3.8) is 0 Å². The molecule has 136 valence electrons. The van der Waals surface area contributed by atoms with Crippen molar-refractivity contribution < 1.29 is 9.53 Å². The maximum absolute atomic E-state index is 12.2. The molecule has 3 aromatic rings. The molecule has 0 radical (unpaired) electrons. The number of ether oxygens (including phenoxy) is 1. The molecule has 0 atom stereocenters. The lowest BCUT2D eigenvalue weighted by atomic mass is 9.95. The maximum Gasteiger partial charge on any atom is 0.259 e. The number of nitrogens with one attached hydrogen (secondary N) is 1. The third-order valence-corrected chi connectivity index (χ3v) is 4.73. The first-order valence-electron chi connectivity index (χ1n) is 8.25. The van der Waals surface area contributed by atoms with Crippen molar-refractivity contribution in [3.8, 4) is 5.75 Å². The Kier molecular flexibility index (Phi) is 4.82. The van der Waals surface area contributed by atoms with Crippen molar-refractivity contribution in [2.24, 2.45) is 5.41 Å². The summed E-state index contributed by atoms with van der Waals surface area (Å²) in [5.74, 6) is 0.531. The zero-order valence-electron chi connectivity index (χ0n) is 15.2. The molecule has 0 aliphatic carbocycles. The predicted molar refractivity (Wildman–Crippen MR) is 103 cm³/mol. The van der Waals surface area contributed by atoms with Gasteiger partial charge in [0.25, 0.3) is 5.56 Å². The summed E-state index contributed by atoms with van der Waals surface area (Å²) in [7, 11) is 0. The van der Waals surface area contributed by atoms with Gasteiger partial charge in [0.2, 0.25) is 5.91 Å². The first kappa shape index (κ1) is 18.1. The van der Waals surface area contributed by atoms with Crippen LogP contribution in [0.2, 0.25) is 0 Å². The van der Waals surface area contributed by atoms with Crippen LogP contribution in [-0.2, 0) is 11.4 Å². The van der Waals surface area contributed by atoms with E-state index in [4.69, 9.17) is 4.74 Å². The van der Waals surface area contributed by atoms with Crippen molar-refractivity contribution in [2.75, 3.05) is 5.32 Å². The smallest absolute Gasteiger partial charge is 0.259 e. The number of nitrogens with zero attached hydrogens (tertiary/aromatic N) is 2. The Labute approximate surface area is 155 Å². The van der Waals surface area contributed by atoms with Gasteiger partial charge in [0, 0.05) is 34.3 Å². The lowest BCUT2D eigenvalue weighted by Crippen LogP contribution is -2.27. The molecule has 0 bridgehead atoms. The van der Waals surface area contributed by atoms with Gasteiger partial charge in [-0.1, -0.05) is 26.8 Å². The molecule has 3 rings (SSSR count). The number of carbonyl (C=O) groups is 1. The summed E-state index contributed by atoms with van der Waals surface area (Å²) in [5, 5.41) is 4.77. The molecular formula is C19H21N3O3S. The highest BCUT2D eigenvalue weighted by Crippen LogP contribution is 2.22. The summed E-state index contributed by atoms with van der Waals surface area (Å²) in [6, 6.07) is 8.65. The van der Waals surface area contributed by atoms with Crippen LogP contribution in [0.5, 0.6) is 5.75 Å². The van der Waals surface area contributed by atoms with E-state index in [0.717, 1.165) is 5.69 Å². The summed E-state index contributed by atoms with van der Waals surface area (Å²) in [6.07, 6.45) is 0. The first-order chi connectivity index (χ1) is 12.2. The van der Waals surface area contributed by atoms with Crippen molar-refractivity contribution in [1.82, 2.24) is 9.38 Å². The van der Waals surface area contributed by atoms with Crippen LogP contribution in [0.4, 0.5) is 5.69 Å². The van der Waals surface area contributed by atoms with Gasteiger partial charge in [0.15, 0.2) is 4.96 Å². The van der Waals surface area contributed by atoms with E-state index in [2.05, 4.69) is 10.3 Å². The zero-order chi connectivity index (χ0) is 18.9. The van der Waals surface area contributed by atoms with E-state index in [1.165, 1.54) is 17.4 Å². The van der Waals surface area contributed by atoms with Gasteiger partial charge < -0.3 is 10.1 Å². The molecule has 26 heavy (non-hydrogen) atoms. The van der Waals surface area contributed by atoms with Crippen LogP contribution in [-0.4, -0.2) is 15.3 Å². The van der Waals surface area contributed by atoms with Crippen LogP contribution in [0.3, 0.4) is 0 Å². The molecular weight excluding hydrogens is 350 g/mol. The molecule has 2 heterocycles. The molecule has 1 aromatic carbocycles. The van der Waals surface area contributed by atoms with Crippen molar-refractivity contribution in [3.05, 3.63) is 57.5 Å². The molecule has 6 nitrogen and oxygen atoms in total. The molecule has 0 aliphatic heterocycles. The highest BCUT2D eigenvalue weighted by molar-refractivity contribution is 7.15. The minimum Gasteiger partial charge on any atom is -0.487 e. The normalized spacial score (nSPS) is 11.5. The molecule has 2 aromatic heterocycles. The Hall–Kier alpha value is -2.67. The van der Waals surface area contributed by atoms with E-state index in [-0.39, 0.29) is 18.1 Å². The van der Waals surface area contributed by atoms with Gasteiger partial charge in [0.1, 0.15) is 12.4 Å². The SMILES string of the molecule is Cc1csc2nc(COc3cccc(NC(=O)C(C)(C)C)c3)cc(=O)n12. The van der Waals surface area contributed by atoms with Gasteiger partial charge in [-0.05, 0) is 19.1 Å². The number of hydrogen-bond acceptors (Lipinski definition) is 5. The Morgan fingerprint density at radius 2 is 2.08 bits per heavy atom. The van der Waals surface area contributed by atoms with Crippen LogP contribution in [0, 0.1) is 12.3 Å². The van der Waals surface area contributed by atoms with E-state index in [1.54, 1.807) is 16.5 Å². The molecule has 0 spiro atoms. The van der Waals surface area contributed by atoms with Crippen LogP contribution >= 0.6 is 11.3 Å². The standard InChI is InChI=1S/C19H21N3O3S/c1-12-11-26-18-21-14(9-16(23)22(12)18)10-25-15-7-5-6-13(8-15)20-17(24)19(2,3)4/h5-9,11H,10H2,1-4H3,(H,20,24). The van der Waals surface area contributed by atoms with Gasteiger partial charge >= 0.3 is 0 Å². The fourth-order valence-electron chi connectivity index (χ4n) is 2.31. The molecule has 0 saturated heterocycles. The third kappa shape index (κ3) is 3.94. The summed E-state index contributed by atoms with van der Waals surface area (Å²) >= 11 is 1.42. The summed E-state index contributed by atoms with van der Waals surface area (Å²) < 4.78 is 7.33. The maximum atomic E-state index is 12.2. The third-order valence-electron chi connectivity index (χ3n) is 3.79. The van der Waals surface area contributed by atoms with Crippen LogP contribution in [0.15, 0.2) is 40.5 Å². The number of fused-ring (bicyclic) bond motifs is 1. The van der Waals surface area contributed by atoms with Crippen molar-refractivity contribution in [2.45, 2.75) is 34.3 Å². The van der Waals surface area contributed by atoms with Gasteiger partial charge in [-0.3, -0.25) is 14.0 Å². The minimum atomic E-state index is -0.475. The van der Waals surface area contributed by atoms with Crippen molar-refractivity contribution >= 4 is 27.9 Å². The number of hydrogen-bond donors (Lipinski definition) is 1. The Balaban J connectivity index is 1.73. The number of rotatable bonds is 4. The first-order valence-corrected chi connectivity index (χ1v) is 9.13.